The first kappa shape index (κ1) is 18.6. The van der Waals surface area contributed by atoms with Gasteiger partial charge in [-0.3, -0.25) is 4.79 Å². The second kappa shape index (κ2) is 7.58. The van der Waals surface area contributed by atoms with Gasteiger partial charge in [-0.15, -0.1) is 5.10 Å². The molecule has 0 radical (unpaired) electrons. The van der Waals surface area contributed by atoms with Gasteiger partial charge in [0.15, 0.2) is 6.61 Å². The Labute approximate surface area is 152 Å². The van der Waals surface area contributed by atoms with E-state index < -0.39 is 10.0 Å². The van der Waals surface area contributed by atoms with Crippen LogP contribution < -0.4 is 10.2 Å². The Balaban J connectivity index is 1.71. The third-order valence-corrected chi connectivity index (χ3v) is 6.26. The molecule has 1 aliphatic rings. The predicted octanol–water partition coefficient (Wildman–Crippen LogP) is 0.559. The number of carbonyl (C=O) groups is 1. The van der Waals surface area contributed by atoms with Gasteiger partial charge in [0.25, 0.3) is 5.91 Å². The summed E-state index contributed by atoms with van der Waals surface area (Å²) in [5, 5.41) is 10.7. The smallest absolute Gasteiger partial charge is 0.260 e. The zero-order valence-corrected chi connectivity index (χ0v) is 15.7. The molecule has 1 aliphatic carbocycles. The van der Waals surface area contributed by atoms with E-state index in [-0.39, 0.29) is 23.5 Å². The maximum absolute atomic E-state index is 12.3. The molecule has 0 bridgehead atoms. The summed E-state index contributed by atoms with van der Waals surface area (Å²) in [6.45, 7) is -0.209. The van der Waals surface area contributed by atoms with Gasteiger partial charge >= 0.3 is 0 Å². The SMILES string of the molecule is CN(C)S(=O)(=O)c1ccc2nnn(OCC(=O)NC3CCCCC3)c2c1. The van der Waals surface area contributed by atoms with E-state index in [0.717, 1.165) is 34.8 Å². The van der Waals surface area contributed by atoms with Crippen LogP contribution in [0.25, 0.3) is 11.0 Å². The van der Waals surface area contributed by atoms with E-state index in [1.54, 1.807) is 6.07 Å². The topological polar surface area (TPSA) is 106 Å². The van der Waals surface area contributed by atoms with Crippen LogP contribution in [0.5, 0.6) is 0 Å². The summed E-state index contributed by atoms with van der Waals surface area (Å²) in [6, 6.07) is 4.65. The van der Waals surface area contributed by atoms with E-state index in [9.17, 15) is 13.2 Å². The van der Waals surface area contributed by atoms with Crippen LogP contribution in [-0.2, 0) is 14.8 Å². The van der Waals surface area contributed by atoms with Crippen molar-refractivity contribution in [3.8, 4) is 0 Å². The molecule has 1 aromatic carbocycles. The minimum Gasteiger partial charge on any atom is -0.385 e. The van der Waals surface area contributed by atoms with Crippen LogP contribution in [0.1, 0.15) is 32.1 Å². The maximum atomic E-state index is 12.3. The fraction of sp³-hybridized carbons (Fsp3) is 0.562. The van der Waals surface area contributed by atoms with Gasteiger partial charge in [0.2, 0.25) is 10.0 Å². The zero-order valence-electron chi connectivity index (χ0n) is 14.9. The van der Waals surface area contributed by atoms with Crippen molar-refractivity contribution in [1.29, 1.82) is 0 Å². The second-order valence-electron chi connectivity index (χ2n) is 6.58. The molecule has 0 spiro atoms. The van der Waals surface area contributed by atoms with Crippen LogP contribution in [-0.4, -0.2) is 60.5 Å². The third kappa shape index (κ3) is 3.96. The molecule has 26 heavy (non-hydrogen) atoms. The van der Waals surface area contributed by atoms with Crippen molar-refractivity contribution in [2.24, 2.45) is 0 Å². The molecule has 10 heteroatoms. The predicted molar refractivity (Wildman–Crippen MR) is 94.9 cm³/mol. The molecule has 1 heterocycles. The molecule has 3 rings (SSSR count). The number of hydrogen-bond donors (Lipinski definition) is 1. The lowest BCUT2D eigenvalue weighted by Gasteiger charge is -2.22. The molecule has 9 nitrogen and oxygen atoms in total. The van der Waals surface area contributed by atoms with E-state index >= 15 is 0 Å². The maximum Gasteiger partial charge on any atom is 0.260 e. The highest BCUT2D eigenvalue weighted by atomic mass is 32.2. The Kier molecular flexibility index (Phi) is 5.42. The Bertz CT molecular complexity index is 887. The number of nitrogens with one attached hydrogen (secondary N) is 1. The lowest BCUT2D eigenvalue weighted by atomic mass is 9.95. The first-order valence-corrected chi connectivity index (χ1v) is 10.0. The highest BCUT2D eigenvalue weighted by Crippen LogP contribution is 2.19. The number of hydrogen-bond acceptors (Lipinski definition) is 6. The summed E-state index contributed by atoms with van der Waals surface area (Å²) >= 11 is 0. The van der Waals surface area contributed by atoms with E-state index in [1.165, 1.54) is 32.6 Å². The molecule has 1 amide bonds. The number of sulfonamides is 1. The number of fused-ring (bicyclic) bond motifs is 1. The van der Waals surface area contributed by atoms with E-state index in [1.807, 2.05) is 0 Å². The summed E-state index contributed by atoms with van der Waals surface area (Å²) in [7, 11) is -0.665. The number of benzene rings is 1. The van der Waals surface area contributed by atoms with Crippen molar-refractivity contribution >= 4 is 27.0 Å². The summed E-state index contributed by atoms with van der Waals surface area (Å²) in [4.78, 5) is 18.7. The Morgan fingerprint density at radius 1 is 1.31 bits per heavy atom. The number of aromatic nitrogens is 3. The fourth-order valence-electron chi connectivity index (χ4n) is 2.98. The molecule has 1 N–H and O–H groups in total. The number of nitrogens with zero attached hydrogens (tertiary/aromatic N) is 4. The summed E-state index contributed by atoms with van der Waals surface area (Å²) in [5.41, 5.74) is 0.869. The highest BCUT2D eigenvalue weighted by Gasteiger charge is 2.20. The van der Waals surface area contributed by atoms with Gasteiger partial charge in [-0.2, -0.15) is 0 Å². The van der Waals surface area contributed by atoms with E-state index in [4.69, 9.17) is 4.84 Å². The number of rotatable bonds is 6. The van der Waals surface area contributed by atoms with Gasteiger partial charge in [0.05, 0.1) is 4.90 Å². The van der Waals surface area contributed by atoms with E-state index in [0.29, 0.717) is 11.0 Å². The van der Waals surface area contributed by atoms with Gasteiger partial charge < -0.3 is 10.2 Å². The van der Waals surface area contributed by atoms with Gasteiger partial charge in [-0.1, -0.05) is 24.1 Å². The molecular weight excluding hydrogens is 358 g/mol. The summed E-state index contributed by atoms with van der Waals surface area (Å²) in [6.07, 6.45) is 5.45. The zero-order chi connectivity index (χ0) is 18.7. The van der Waals surface area contributed by atoms with Crippen LogP contribution in [0.2, 0.25) is 0 Å². The molecule has 1 saturated carbocycles. The minimum absolute atomic E-state index is 0.105. The third-order valence-electron chi connectivity index (χ3n) is 4.45. The van der Waals surface area contributed by atoms with Crippen LogP contribution >= 0.6 is 0 Å². The van der Waals surface area contributed by atoms with Gasteiger partial charge in [-0.05, 0) is 36.3 Å². The second-order valence-corrected chi connectivity index (χ2v) is 8.73. The first-order valence-electron chi connectivity index (χ1n) is 8.58. The molecule has 1 fully saturated rings. The molecule has 1 aromatic heterocycles. The molecule has 0 atom stereocenters. The lowest BCUT2D eigenvalue weighted by Crippen LogP contribution is -2.40. The molecule has 0 unspecified atom stereocenters. The molecule has 142 valence electrons. The van der Waals surface area contributed by atoms with Gasteiger partial charge in [-0.25, -0.2) is 12.7 Å². The molecule has 2 aromatic rings. The average molecular weight is 381 g/mol. The van der Waals surface area contributed by atoms with Crippen molar-refractivity contribution in [1.82, 2.24) is 24.8 Å². The molecular formula is C16H23N5O4S. The largest absolute Gasteiger partial charge is 0.385 e. The molecule has 0 saturated heterocycles. The minimum atomic E-state index is -3.58. The quantitative estimate of drug-likeness (QED) is 0.784. The van der Waals surface area contributed by atoms with Gasteiger partial charge in [0, 0.05) is 20.1 Å². The van der Waals surface area contributed by atoms with Crippen LogP contribution in [0.4, 0.5) is 0 Å². The van der Waals surface area contributed by atoms with Crippen LogP contribution in [0.15, 0.2) is 23.1 Å². The van der Waals surface area contributed by atoms with Crippen molar-refractivity contribution < 1.29 is 18.0 Å². The number of carbonyl (C=O) groups excluding carboxylic acids is 1. The Morgan fingerprint density at radius 2 is 2.04 bits per heavy atom. The molecule has 0 aliphatic heterocycles. The van der Waals surface area contributed by atoms with Crippen molar-refractivity contribution in [2.75, 3.05) is 20.7 Å². The number of amides is 1. The van der Waals surface area contributed by atoms with Crippen LogP contribution in [0, 0.1) is 0 Å². The monoisotopic (exact) mass is 381 g/mol. The van der Waals surface area contributed by atoms with Crippen molar-refractivity contribution in [3.05, 3.63) is 18.2 Å². The van der Waals surface area contributed by atoms with Gasteiger partial charge in [0.1, 0.15) is 11.0 Å². The average Bonchev–Trinajstić information content (AvgIpc) is 3.03. The summed E-state index contributed by atoms with van der Waals surface area (Å²) in [5.74, 6) is -0.224. The highest BCUT2D eigenvalue weighted by molar-refractivity contribution is 7.89. The fourth-order valence-corrected chi connectivity index (χ4v) is 3.90. The summed E-state index contributed by atoms with van der Waals surface area (Å²) < 4.78 is 25.7. The van der Waals surface area contributed by atoms with Crippen molar-refractivity contribution in [2.45, 2.75) is 43.0 Å². The van der Waals surface area contributed by atoms with Crippen LogP contribution in [0.3, 0.4) is 0 Å². The standard InChI is InChI=1S/C16H23N5O4S/c1-20(2)26(23,24)13-8-9-14-15(10-13)21(19-18-14)25-11-16(22)17-12-6-4-3-5-7-12/h8-10,12H,3-7,11H2,1-2H3,(H,17,22). The van der Waals surface area contributed by atoms with Crippen molar-refractivity contribution in [3.63, 3.8) is 0 Å². The Hall–Kier alpha value is -2.20. The van der Waals surface area contributed by atoms with E-state index in [2.05, 4.69) is 15.6 Å². The Morgan fingerprint density at radius 3 is 2.73 bits per heavy atom. The first-order chi connectivity index (χ1) is 12.4. The lowest BCUT2D eigenvalue weighted by molar-refractivity contribution is -0.127. The normalized spacial score (nSPS) is 16.1.